The van der Waals surface area contributed by atoms with Gasteiger partial charge in [0.15, 0.2) is 5.82 Å². The van der Waals surface area contributed by atoms with Crippen molar-refractivity contribution >= 4 is 49.4 Å². The second kappa shape index (κ2) is 9.03. The highest BCUT2D eigenvalue weighted by Gasteiger charge is 2.27. The van der Waals surface area contributed by atoms with Crippen LogP contribution in [0.3, 0.4) is 0 Å². The molecule has 2 aliphatic rings. The van der Waals surface area contributed by atoms with Gasteiger partial charge in [-0.1, -0.05) is 11.6 Å². The van der Waals surface area contributed by atoms with Crippen LogP contribution in [0.5, 0.6) is 0 Å². The van der Waals surface area contributed by atoms with Crippen LogP contribution < -0.4 is 5.32 Å². The maximum atomic E-state index is 13.1. The molecule has 2 aromatic rings. The monoisotopic (exact) mass is 554 g/mol. The molecule has 11 heteroatoms. The molecule has 4 heterocycles. The van der Waals surface area contributed by atoms with Gasteiger partial charge in [0.1, 0.15) is 10.3 Å². The Morgan fingerprint density at radius 1 is 1.40 bits per heavy atom. The van der Waals surface area contributed by atoms with Crippen molar-refractivity contribution in [1.82, 2.24) is 30.1 Å². The molecule has 0 radical (unpaired) electrons. The van der Waals surface area contributed by atoms with Gasteiger partial charge in [-0.3, -0.25) is 9.80 Å². The summed E-state index contributed by atoms with van der Waals surface area (Å²) in [6.45, 7) is 2.11. The van der Waals surface area contributed by atoms with E-state index < -0.39 is 0 Å². The van der Waals surface area contributed by atoms with Crippen LogP contribution in [-0.2, 0) is 4.74 Å². The molecule has 2 aliphatic heterocycles. The zero-order chi connectivity index (χ0) is 21.3. The van der Waals surface area contributed by atoms with Crippen molar-refractivity contribution in [2.24, 2.45) is 0 Å². The molecule has 1 N–H and O–H groups in total. The van der Waals surface area contributed by atoms with Gasteiger partial charge in [0.25, 0.3) is 5.91 Å². The number of aromatic nitrogens is 3. The predicted octanol–water partition coefficient (Wildman–Crippen LogP) is 3.61. The van der Waals surface area contributed by atoms with E-state index >= 15 is 0 Å². The van der Waals surface area contributed by atoms with E-state index in [0.29, 0.717) is 33.4 Å². The first-order chi connectivity index (χ1) is 14.5. The molecule has 0 aliphatic carbocycles. The van der Waals surface area contributed by atoms with Crippen LogP contribution in [0.2, 0.25) is 5.02 Å². The van der Waals surface area contributed by atoms with Crippen LogP contribution in [0.25, 0.3) is 5.82 Å². The number of hydrogen-bond donors (Lipinski definition) is 1. The summed E-state index contributed by atoms with van der Waals surface area (Å²) >= 11 is 13.1. The van der Waals surface area contributed by atoms with Gasteiger partial charge in [-0.15, -0.1) is 0 Å². The number of methoxy groups -OCH3 is 1. The normalized spacial score (nSPS) is 16.1. The topological polar surface area (TPSA) is 75.5 Å². The number of halogens is 3. The number of carbonyl (C=O) groups is 1. The molecule has 0 aromatic carbocycles. The van der Waals surface area contributed by atoms with Crippen molar-refractivity contribution in [1.29, 1.82) is 0 Å². The largest absolute Gasteiger partial charge is 0.383 e. The average molecular weight is 557 g/mol. The van der Waals surface area contributed by atoms with Crippen molar-refractivity contribution in [3.05, 3.63) is 73.9 Å². The molecule has 0 unspecified atom stereocenters. The highest BCUT2D eigenvalue weighted by molar-refractivity contribution is 9.12. The number of allylic oxidation sites excluding steroid dienone is 2. The fourth-order valence-electron chi connectivity index (χ4n) is 3.10. The third kappa shape index (κ3) is 4.23. The lowest BCUT2D eigenvalue weighted by atomic mass is 10.2. The van der Waals surface area contributed by atoms with Gasteiger partial charge >= 0.3 is 0 Å². The van der Waals surface area contributed by atoms with Crippen molar-refractivity contribution < 1.29 is 9.53 Å². The van der Waals surface area contributed by atoms with E-state index in [-0.39, 0.29) is 5.91 Å². The summed E-state index contributed by atoms with van der Waals surface area (Å²) in [7, 11) is 1.67. The van der Waals surface area contributed by atoms with Crippen LogP contribution in [0.4, 0.5) is 0 Å². The standard InChI is InChI=1S/C19H17Br2ClN6O2/c1-30-8-7-26-6-4-12-9-13(20)15(11-27(12)26)24-19(29)16-10-17(21)25-28(16)18-14(22)3-2-5-23-18/h2-5,9-11H,6-8H2,1H3,(H,24,29). The minimum atomic E-state index is -0.346. The minimum absolute atomic E-state index is 0.294. The van der Waals surface area contributed by atoms with E-state index in [2.05, 4.69) is 58.3 Å². The summed E-state index contributed by atoms with van der Waals surface area (Å²) in [5, 5.41) is 11.8. The summed E-state index contributed by atoms with van der Waals surface area (Å²) in [5.41, 5.74) is 1.95. The summed E-state index contributed by atoms with van der Waals surface area (Å²) in [5.74, 6) is 0.0272. The molecule has 0 fully saturated rings. The van der Waals surface area contributed by atoms with Gasteiger partial charge in [0.2, 0.25) is 0 Å². The van der Waals surface area contributed by atoms with E-state index in [1.807, 2.05) is 17.3 Å². The molecule has 156 valence electrons. The van der Waals surface area contributed by atoms with E-state index in [0.717, 1.165) is 23.3 Å². The molecule has 2 aromatic heterocycles. The summed E-state index contributed by atoms with van der Waals surface area (Å²) in [6.07, 6.45) is 7.55. The third-order valence-corrected chi connectivity index (χ3v) is 5.86. The van der Waals surface area contributed by atoms with Crippen LogP contribution >= 0.6 is 43.5 Å². The van der Waals surface area contributed by atoms with Gasteiger partial charge < -0.3 is 10.1 Å². The van der Waals surface area contributed by atoms with E-state index in [1.54, 1.807) is 31.5 Å². The third-order valence-electron chi connectivity index (χ3n) is 4.52. The molecule has 0 saturated heterocycles. The fourth-order valence-corrected chi connectivity index (χ4v) is 4.11. The second-order valence-corrected chi connectivity index (χ2v) is 8.52. The molecular formula is C19H17Br2ClN6O2. The first kappa shape index (κ1) is 21.3. The van der Waals surface area contributed by atoms with Crippen molar-refractivity contribution in [3.63, 3.8) is 0 Å². The number of rotatable bonds is 6. The average Bonchev–Trinajstić information content (AvgIpc) is 3.30. The molecule has 8 nitrogen and oxygen atoms in total. The number of nitrogens with one attached hydrogen (secondary N) is 1. The Morgan fingerprint density at radius 3 is 3.00 bits per heavy atom. The van der Waals surface area contributed by atoms with Gasteiger partial charge in [-0.25, -0.2) is 14.7 Å². The Bertz CT molecular complexity index is 1080. The van der Waals surface area contributed by atoms with Crippen LogP contribution in [-0.4, -0.2) is 57.5 Å². The zero-order valence-electron chi connectivity index (χ0n) is 15.8. The fraction of sp³-hybridized carbons (Fsp3) is 0.211. The van der Waals surface area contributed by atoms with E-state index in [1.165, 1.54) is 4.68 Å². The quantitative estimate of drug-likeness (QED) is 0.586. The molecule has 0 bridgehead atoms. The zero-order valence-corrected chi connectivity index (χ0v) is 19.8. The lowest BCUT2D eigenvalue weighted by molar-refractivity contribution is 0.0552. The van der Waals surface area contributed by atoms with Crippen LogP contribution in [0.15, 0.2) is 63.2 Å². The van der Waals surface area contributed by atoms with Gasteiger partial charge in [-0.05, 0) is 56.1 Å². The number of ether oxygens (including phenoxy) is 1. The Balaban J connectivity index is 1.59. The highest BCUT2D eigenvalue weighted by atomic mass is 79.9. The Kier molecular flexibility index (Phi) is 6.40. The number of carbonyl (C=O) groups excluding carboxylic acids is 1. The summed E-state index contributed by atoms with van der Waals surface area (Å²) in [6, 6.07) is 5.03. The summed E-state index contributed by atoms with van der Waals surface area (Å²) in [4.78, 5) is 17.4. The lowest BCUT2D eigenvalue weighted by Gasteiger charge is -2.31. The van der Waals surface area contributed by atoms with Gasteiger partial charge in [-0.2, -0.15) is 5.10 Å². The Labute approximate surface area is 195 Å². The molecule has 0 saturated carbocycles. The van der Waals surface area contributed by atoms with Gasteiger partial charge in [0, 0.05) is 43.1 Å². The van der Waals surface area contributed by atoms with Crippen LogP contribution in [0.1, 0.15) is 10.5 Å². The minimum Gasteiger partial charge on any atom is -0.383 e. The first-order valence-electron chi connectivity index (χ1n) is 8.98. The van der Waals surface area contributed by atoms with Crippen molar-refractivity contribution in [3.8, 4) is 5.82 Å². The van der Waals surface area contributed by atoms with Crippen LogP contribution in [0, 0.1) is 0 Å². The molecule has 30 heavy (non-hydrogen) atoms. The van der Waals surface area contributed by atoms with Crippen molar-refractivity contribution in [2.75, 3.05) is 26.8 Å². The number of hydrogen-bond acceptors (Lipinski definition) is 6. The Hall–Kier alpha value is -1.98. The number of fused-ring (bicyclic) bond motifs is 1. The number of nitrogens with zero attached hydrogens (tertiary/aromatic N) is 5. The number of amides is 1. The van der Waals surface area contributed by atoms with Crippen molar-refractivity contribution in [2.45, 2.75) is 0 Å². The smallest absolute Gasteiger partial charge is 0.274 e. The first-order valence-corrected chi connectivity index (χ1v) is 10.9. The molecule has 1 amide bonds. The second-order valence-electron chi connectivity index (χ2n) is 6.44. The maximum Gasteiger partial charge on any atom is 0.274 e. The number of pyridine rings is 1. The van der Waals surface area contributed by atoms with E-state index in [4.69, 9.17) is 16.3 Å². The molecular weight excluding hydrogens is 540 g/mol. The highest BCUT2D eigenvalue weighted by Crippen LogP contribution is 2.30. The predicted molar refractivity (Wildman–Crippen MR) is 120 cm³/mol. The van der Waals surface area contributed by atoms with E-state index in [9.17, 15) is 4.79 Å². The number of hydrazine groups is 1. The maximum absolute atomic E-state index is 13.1. The van der Waals surface area contributed by atoms with Gasteiger partial charge in [0.05, 0.1) is 23.0 Å². The molecule has 4 rings (SSSR count). The summed E-state index contributed by atoms with van der Waals surface area (Å²) < 4.78 is 7.86. The Morgan fingerprint density at radius 2 is 2.23 bits per heavy atom. The SMILES string of the molecule is COCCN1CC=C2C=C(Br)C(NC(=O)c3cc(Br)nn3-c3ncccc3Cl)=CN21. The molecule has 0 spiro atoms. The molecule has 0 atom stereocenters. The lowest BCUT2D eigenvalue weighted by Crippen LogP contribution is -2.38.